The van der Waals surface area contributed by atoms with Crippen LogP contribution in [0, 0.1) is 11.7 Å². The number of nitrogens with zero attached hydrogens (tertiary/aromatic N) is 2. The summed E-state index contributed by atoms with van der Waals surface area (Å²) in [5.41, 5.74) is 11.2. The molecule has 0 aliphatic heterocycles. The molecule has 3 aromatic rings. The Balaban J connectivity index is 0.000000290. The second kappa shape index (κ2) is 9.86. The van der Waals surface area contributed by atoms with Gasteiger partial charge in [0.25, 0.3) is 11.1 Å². The Hall–Kier alpha value is -2.48. The summed E-state index contributed by atoms with van der Waals surface area (Å²) >= 11 is 7.61. The number of rotatable bonds is 3. The number of aromatic nitrogens is 5. The van der Waals surface area contributed by atoms with Gasteiger partial charge in [-0.25, -0.2) is 9.97 Å². The van der Waals surface area contributed by atoms with Gasteiger partial charge in [-0.2, -0.15) is 0 Å². The molecule has 0 saturated heterocycles. The highest BCUT2D eigenvalue weighted by atomic mass is 32.2. The molecule has 140 valence electrons. The van der Waals surface area contributed by atoms with Crippen LogP contribution < -0.4 is 22.6 Å². The Labute approximate surface area is 160 Å². The molecule has 9 N–H and O–H groups in total. The van der Waals surface area contributed by atoms with Gasteiger partial charge in [0.15, 0.2) is 9.93 Å². The van der Waals surface area contributed by atoms with Gasteiger partial charge in [0.2, 0.25) is 0 Å². The number of aryl methyl sites for hydroxylation is 1. The molecule has 3 rings (SSSR count). The van der Waals surface area contributed by atoms with E-state index >= 15 is 0 Å². The first-order chi connectivity index (χ1) is 11.8. The van der Waals surface area contributed by atoms with Crippen molar-refractivity contribution in [3.63, 3.8) is 0 Å². The van der Waals surface area contributed by atoms with Crippen molar-refractivity contribution in [1.82, 2.24) is 24.9 Å². The predicted octanol–water partition coefficient (Wildman–Crippen LogP) is 0.599. The zero-order valence-corrected chi connectivity index (χ0v) is 16.0. The van der Waals surface area contributed by atoms with E-state index < -0.39 is 0 Å². The molecule has 0 saturated carbocycles. The van der Waals surface area contributed by atoms with Crippen LogP contribution in [0.1, 0.15) is 10.7 Å². The quantitative estimate of drug-likeness (QED) is 0.233. The topological polar surface area (TPSA) is 191 Å². The van der Waals surface area contributed by atoms with Crippen molar-refractivity contribution in [3.05, 3.63) is 53.7 Å². The van der Waals surface area contributed by atoms with Crippen LogP contribution in [0.2, 0.25) is 0 Å². The molecule has 13 heteroatoms. The number of hydrogen-bond donors (Lipinski definition) is 5. The molecule has 0 bridgehead atoms. The van der Waals surface area contributed by atoms with E-state index in [4.69, 9.17) is 11.5 Å². The van der Waals surface area contributed by atoms with Crippen molar-refractivity contribution in [2.45, 2.75) is 17.8 Å². The third kappa shape index (κ3) is 7.18. The Bertz CT molecular complexity index is 996. The monoisotopic (exact) mass is 415 g/mol. The largest absolute Gasteiger partial charge is 0.412 e. The van der Waals surface area contributed by atoms with Crippen molar-refractivity contribution in [3.8, 4) is 0 Å². The van der Waals surface area contributed by atoms with Gasteiger partial charge < -0.3 is 26.9 Å². The first-order valence-corrected chi connectivity index (χ1v) is 9.09. The van der Waals surface area contributed by atoms with Crippen LogP contribution in [-0.4, -0.2) is 30.4 Å². The minimum Gasteiger partial charge on any atom is -0.412 e. The summed E-state index contributed by atoms with van der Waals surface area (Å²) in [4.78, 5) is 37.4. The zero-order chi connectivity index (χ0) is 18.4. The normalized spacial score (nSPS) is 9.73. The molecule has 3 heterocycles. The summed E-state index contributed by atoms with van der Waals surface area (Å²) in [5.74, 6) is 1.20. The zero-order valence-electron chi connectivity index (χ0n) is 13.5. The van der Waals surface area contributed by atoms with Crippen molar-refractivity contribution in [2.24, 2.45) is 0 Å². The van der Waals surface area contributed by atoms with Gasteiger partial charge in [-0.1, -0.05) is 11.8 Å². The maximum absolute atomic E-state index is 11.1. The lowest BCUT2D eigenvalue weighted by Gasteiger charge is -1.99. The SMILES string of the molecule is Cc1nc(CSc2nc(N)cc(=O)[nH]2)cs1.Nc1cc(=O)[nH]c(=S)[nH]1.O. The van der Waals surface area contributed by atoms with Gasteiger partial charge >= 0.3 is 0 Å². The fourth-order valence-electron chi connectivity index (χ4n) is 1.63. The van der Waals surface area contributed by atoms with Crippen molar-refractivity contribution in [2.75, 3.05) is 11.5 Å². The van der Waals surface area contributed by atoms with E-state index in [0.29, 0.717) is 10.9 Å². The standard InChI is InChI=1S/C9H10N4OS2.C4H5N3OS.H2O/c1-5-11-6(3-15-5)4-16-9-12-7(10)2-8(14)13-9;5-2-1-3(8)7-4(9)6-2;/h2-3H,4H2,1H3,(H3,10,12,13,14);1H,(H4,5,6,7,8,9);1H2. The van der Waals surface area contributed by atoms with Gasteiger partial charge in [-0.15, -0.1) is 11.3 Å². The van der Waals surface area contributed by atoms with Crippen LogP contribution in [-0.2, 0) is 5.75 Å². The molecule has 10 nitrogen and oxygen atoms in total. The molecule has 0 atom stereocenters. The van der Waals surface area contributed by atoms with Gasteiger partial charge in [0.1, 0.15) is 11.6 Å². The van der Waals surface area contributed by atoms with Crippen LogP contribution in [0.4, 0.5) is 11.6 Å². The van der Waals surface area contributed by atoms with E-state index in [1.807, 2.05) is 12.3 Å². The Morgan fingerprint density at radius 2 is 1.85 bits per heavy atom. The molecular weight excluding hydrogens is 398 g/mol. The second-order valence-corrected chi connectivity index (χ2v) is 7.10. The summed E-state index contributed by atoms with van der Waals surface area (Å²) < 4.78 is 0.250. The predicted molar refractivity (Wildman–Crippen MR) is 106 cm³/mol. The lowest BCUT2D eigenvalue weighted by molar-refractivity contribution is 0.824. The maximum atomic E-state index is 11.1. The highest BCUT2D eigenvalue weighted by Gasteiger charge is 2.03. The number of thioether (sulfide) groups is 1. The summed E-state index contributed by atoms with van der Waals surface area (Å²) in [5, 5.41) is 3.55. The average molecular weight is 416 g/mol. The lowest BCUT2D eigenvalue weighted by atomic mass is 10.6. The first kappa shape index (κ1) is 21.6. The van der Waals surface area contributed by atoms with Crippen LogP contribution in [0.3, 0.4) is 0 Å². The lowest BCUT2D eigenvalue weighted by Crippen LogP contribution is -2.09. The van der Waals surface area contributed by atoms with E-state index in [1.165, 1.54) is 23.9 Å². The number of nitrogen functional groups attached to an aromatic ring is 2. The van der Waals surface area contributed by atoms with Crippen LogP contribution in [0.15, 0.2) is 32.3 Å². The summed E-state index contributed by atoms with van der Waals surface area (Å²) in [6.07, 6.45) is 0. The van der Waals surface area contributed by atoms with E-state index in [0.717, 1.165) is 10.7 Å². The molecule has 26 heavy (non-hydrogen) atoms. The highest BCUT2D eigenvalue weighted by Crippen LogP contribution is 2.19. The van der Waals surface area contributed by atoms with Crippen molar-refractivity contribution in [1.29, 1.82) is 0 Å². The number of aromatic amines is 3. The van der Waals surface area contributed by atoms with E-state index in [-0.39, 0.29) is 33.0 Å². The molecule has 0 fully saturated rings. The minimum absolute atomic E-state index is 0. The number of nitrogens with one attached hydrogen (secondary N) is 3. The number of H-pyrrole nitrogens is 3. The molecule has 0 amide bonds. The van der Waals surface area contributed by atoms with Gasteiger partial charge in [-0.05, 0) is 19.1 Å². The summed E-state index contributed by atoms with van der Waals surface area (Å²) in [6, 6.07) is 2.49. The molecule has 0 aliphatic carbocycles. The minimum atomic E-state index is -0.281. The van der Waals surface area contributed by atoms with Crippen molar-refractivity contribution < 1.29 is 5.48 Å². The molecule has 0 aliphatic rings. The molecule has 0 spiro atoms. The fraction of sp³-hybridized carbons (Fsp3) is 0.154. The molecule has 0 aromatic carbocycles. The van der Waals surface area contributed by atoms with Gasteiger partial charge in [0, 0.05) is 23.3 Å². The molecule has 0 unspecified atom stereocenters. The second-order valence-electron chi connectivity index (χ2n) is 4.67. The fourth-order valence-corrected chi connectivity index (χ4v) is 3.34. The summed E-state index contributed by atoms with van der Waals surface area (Å²) in [7, 11) is 0. The molecule has 3 aromatic heterocycles. The van der Waals surface area contributed by atoms with E-state index in [2.05, 4.69) is 37.1 Å². The van der Waals surface area contributed by atoms with E-state index in [1.54, 1.807) is 11.3 Å². The third-order valence-corrected chi connectivity index (χ3v) is 4.48. The Morgan fingerprint density at radius 1 is 1.15 bits per heavy atom. The van der Waals surface area contributed by atoms with Gasteiger partial charge in [0.05, 0.1) is 10.7 Å². The molecular formula is C13H17N7O3S3. The smallest absolute Gasteiger partial charge is 0.253 e. The average Bonchev–Trinajstić information content (AvgIpc) is 2.89. The first-order valence-electron chi connectivity index (χ1n) is 6.81. The van der Waals surface area contributed by atoms with Crippen LogP contribution in [0.5, 0.6) is 0 Å². The Kier molecular flexibility index (Phi) is 8.18. The summed E-state index contributed by atoms with van der Waals surface area (Å²) in [6.45, 7) is 1.96. The van der Waals surface area contributed by atoms with Crippen LogP contribution >= 0.6 is 35.3 Å². The van der Waals surface area contributed by atoms with E-state index in [9.17, 15) is 9.59 Å². The number of hydrogen-bond acceptors (Lipinski definition) is 9. The Morgan fingerprint density at radius 3 is 2.38 bits per heavy atom. The maximum Gasteiger partial charge on any atom is 0.253 e. The number of thiazole rings is 1. The number of anilines is 2. The van der Waals surface area contributed by atoms with Crippen molar-refractivity contribution >= 4 is 47.0 Å². The number of nitrogens with two attached hydrogens (primary N) is 2. The molecule has 0 radical (unpaired) electrons. The van der Waals surface area contributed by atoms with Gasteiger partial charge in [-0.3, -0.25) is 14.6 Å². The third-order valence-electron chi connectivity index (χ3n) is 2.54. The highest BCUT2D eigenvalue weighted by molar-refractivity contribution is 7.98. The van der Waals surface area contributed by atoms with Crippen LogP contribution in [0.25, 0.3) is 0 Å².